The van der Waals surface area contributed by atoms with Crippen LogP contribution in [0.5, 0.6) is 0 Å². The molecular weight excluding hydrogens is 224 g/mol. The maximum atomic E-state index is 11.2. The van der Waals surface area contributed by atoms with Gasteiger partial charge in [0, 0.05) is 6.08 Å². The summed E-state index contributed by atoms with van der Waals surface area (Å²) in [5, 5.41) is 0. The van der Waals surface area contributed by atoms with Crippen LogP contribution in [0.1, 0.15) is 65.2 Å². The summed E-state index contributed by atoms with van der Waals surface area (Å²) in [4.78, 5) is 11.2. The Bertz CT molecular complexity index is 250. The van der Waals surface area contributed by atoms with Crippen molar-refractivity contribution in [3.63, 3.8) is 0 Å². The lowest BCUT2D eigenvalue weighted by Gasteiger charge is -2.03. The molecule has 0 saturated carbocycles. The first-order valence-electron chi connectivity index (χ1n) is 7.09. The molecular formula is C16H28O2. The maximum Gasteiger partial charge on any atom is 0.330 e. The Morgan fingerprint density at radius 1 is 1.00 bits per heavy atom. The van der Waals surface area contributed by atoms with Crippen molar-refractivity contribution in [2.45, 2.75) is 65.2 Å². The Morgan fingerprint density at radius 3 is 2.11 bits per heavy atom. The first kappa shape index (κ1) is 16.9. The maximum absolute atomic E-state index is 11.2. The number of allylic oxidation sites excluding steroid dienone is 2. The minimum Gasteiger partial charge on any atom is -0.463 e. The van der Waals surface area contributed by atoms with Gasteiger partial charge in [0.05, 0.1) is 6.61 Å². The molecule has 0 aliphatic rings. The molecule has 0 N–H and O–H groups in total. The zero-order valence-electron chi connectivity index (χ0n) is 12.0. The van der Waals surface area contributed by atoms with E-state index >= 15 is 0 Å². The molecule has 0 aromatic rings. The summed E-state index contributed by atoms with van der Waals surface area (Å²) in [6.45, 7) is 8.06. The Balaban J connectivity index is 3.19. The number of ether oxygens (including phenoxy) is 1. The summed E-state index contributed by atoms with van der Waals surface area (Å²) in [7, 11) is 0. The summed E-state index contributed by atoms with van der Waals surface area (Å²) in [5.41, 5.74) is 0.986. The highest BCUT2D eigenvalue weighted by Crippen LogP contribution is 2.08. The fourth-order valence-electron chi connectivity index (χ4n) is 1.72. The largest absolute Gasteiger partial charge is 0.463 e. The van der Waals surface area contributed by atoms with E-state index in [1.165, 1.54) is 32.1 Å². The SMILES string of the molecule is C=CCCCCCCCCCOC(=O)C=C(C)C. The molecule has 0 heterocycles. The third-order valence-electron chi connectivity index (χ3n) is 2.70. The van der Waals surface area contributed by atoms with Crippen LogP contribution in [-0.4, -0.2) is 12.6 Å². The lowest BCUT2D eigenvalue weighted by Crippen LogP contribution is -2.02. The highest BCUT2D eigenvalue weighted by atomic mass is 16.5. The second kappa shape index (κ2) is 12.4. The van der Waals surface area contributed by atoms with E-state index in [0.717, 1.165) is 24.8 Å². The van der Waals surface area contributed by atoms with Crippen molar-refractivity contribution >= 4 is 5.97 Å². The third-order valence-corrected chi connectivity index (χ3v) is 2.70. The van der Waals surface area contributed by atoms with Crippen LogP contribution in [0.3, 0.4) is 0 Å². The molecule has 0 bridgehead atoms. The van der Waals surface area contributed by atoms with E-state index in [9.17, 15) is 4.79 Å². The van der Waals surface area contributed by atoms with Crippen molar-refractivity contribution < 1.29 is 9.53 Å². The van der Waals surface area contributed by atoms with Gasteiger partial charge in [-0.1, -0.05) is 43.8 Å². The van der Waals surface area contributed by atoms with Crippen molar-refractivity contribution in [2.24, 2.45) is 0 Å². The fourth-order valence-corrected chi connectivity index (χ4v) is 1.72. The van der Waals surface area contributed by atoms with E-state index in [2.05, 4.69) is 6.58 Å². The zero-order chi connectivity index (χ0) is 13.6. The van der Waals surface area contributed by atoms with Gasteiger partial charge in [0.25, 0.3) is 0 Å². The van der Waals surface area contributed by atoms with Gasteiger partial charge in [0.2, 0.25) is 0 Å². The number of unbranched alkanes of at least 4 members (excludes halogenated alkanes) is 7. The summed E-state index contributed by atoms with van der Waals surface area (Å²) in [6.07, 6.45) is 13.2. The summed E-state index contributed by atoms with van der Waals surface area (Å²) >= 11 is 0. The molecule has 2 nitrogen and oxygen atoms in total. The van der Waals surface area contributed by atoms with Crippen LogP contribution in [0.2, 0.25) is 0 Å². The standard InChI is InChI=1S/C16H28O2/c1-4-5-6-7-8-9-10-11-12-13-18-16(17)14-15(2)3/h4,14H,1,5-13H2,2-3H3. The van der Waals surface area contributed by atoms with Crippen molar-refractivity contribution in [1.82, 2.24) is 0 Å². The predicted octanol–water partition coefficient (Wildman–Crippen LogP) is 4.80. The van der Waals surface area contributed by atoms with Gasteiger partial charge in [-0.2, -0.15) is 0 Å². The van der Waals surface area contributed by atoms with Crippen molar-refractivity contribution in [1.29, 1.82) is 0 Å². The first-order valence-corrected chi connectivity index (χ1v) is 7.09. The van der Waals surface area contributed by atoms with Crippen LogP contribution in [-0.2, 0) is 9.53 Å². The number of hydrogen-bond donors (Lipinski definition) is 0. The molecule has 0 aromatic heterocycles. The van der Waals surface area contributed by atoms with Gasteiger partial charge in [-0.15, -0.1) is 6.58 Å². The molecule has 0 radical (unpaired) electrons. The van der Waals surface area contributed by atoms with Gasteiger partial charge < -0.3 is 4.74 Å². The molecule has 2 heteroatoms. The third kappa shape index (κ3) is 13.0. The molecule has 0 spiro atoms. The van der Waals surface area contributed by atoms with Gasteiger partial charge in [0.15, 0.2) is 0 Å². The summed E-state index contributed by atoms with van der Waals surface area (Å²) in [6, 6.07) is 0. The Hall–Kier alpha value is -1.05. The van der Waals surface area contributed by atoms with Crippen LogP contribution in [0.4, 0.5) is 0 Å². The quantitative estimate of drug-likeness (QED) is 0.228. The number of rotatable bonds is 11. The lowest BCUT2D eigenvalue weighted by atomic mass is 10.1. The number of carbonyl (C=O) groups is 1. The van der Waals surface area contributed by atoms with Gasteiger partial charge in [-0.3, -0.25) is 0 Å². The van der Waals surface area contributed by atoms with E-state index in [4.69, 9.17) is 4.74 Å². The highest BCUT2D eigenvalue weighted by Gasteiger charge is 1.97. The van der Waals surface area contributed by atoms with E-state index < -0.39 is 0 Å². The van der Waals surface area contributed by atoms with Crippen molar-refractivity contribution in [2.75, 3.05) is 6.61 Å². The van der Waals surface area contributed by atoms with E-state index in [-0.39, 0.29) is 5.97 Å². The highest BCUT2D eigenvalue weighted by molar-refractivity contribution is 5.82. The Labute approximate surface area is 112 Å². The molecule has 0 amide bonds. The van der Waals surface area contributed by atoms with Gasteiger partial charge in [-0.05, 0) is 33.1 Å². The van der Waals surface area contributed by atoms with Gasteiger partial charge in [-0.25, -0.2) is 4.79 Å². The number of carbonyl (C=O) groups excluding carboxylic acids is 1. The van der Waals surface area contributed by atoms with Crippen LogP contribution < -0.4 is 0 Å². The average molecular weight is 252 g/mol. The van der Waals surface area contributed by atoms with E-state index in [1.807, 2.05) is 19.9 Å². The number of hydrogen-bond acceptors (Lipinski definition) is 2. The van der Waals surface area contributed by atoms with Gasteiger partial charge >= 0.3 is 5.97 Å². The van der Waals surface area contributed by atoms with Crippen LogP contribution in [0.15, 0.2) is 24.3 Å². The smallest absolute Gasteiger partial charge is 0.330 e. The van der Waals surface area contributed by atoms with Crippen molar-refractivity contribution in [3.8, 4) is 0 Å². The summed E-state index contributed by atoms with van der Waals surface area (Å²) < 4.78 is 5.09. The summed E-state index contributed by atoms with van der Waals surface area (Å²) in [5.74, 6) is -0.209. The van der Waals surface area contributed by atoms with Gasteiger partial charge in [0.1, 0.15) is 0 Å². The molecule has 0 aromatic carbocycles. The van der Waals surface area contributed by atoms with E-state index in [1.54, 1.807) is 6.08 Å². The second-order valence-corrected chi connectivity index (χ2v) is 4.94. The lowest BCUT2D eigenvalue weighted by molar-refractivity contribution is -0.137. The average Bonchev–Trinajstić information content (AvgIpc) is 2.30. The molecule has 0 atom stereocenters. The zero-order valence-corrected chi connectivity index (χ0v) is 12.0. The fraction of sp³-hybridized carbons (Fsp3) is 0.688. The van der Waals surface area contributed by atoms with E-state index in [0.29, 0.717) is 6.61 Å². The second-order valence-electron chi connectivity index (χ2n) is 4.94. The van der Waals surface area contributed by atoms with Crippen LogP contribution >= 0.6 is 0 Å². The minimum absolute atomic E-state index is 0.209. The first-order chi connectivity index (χ1) is 8.66. The molecule has 0 rings (SSSR count). The number of esters is 1. The topological polar surface area (TPSA) is 26.3 Å². The van der Waals surface area contributed by atoms with Crippen LogP contribution in [0.25, 0.3) is 0 Å². The molecule has 18 heavy (non-hydrogen) atoms. The molecule has 0 aliphatic heterocycles. The molecule has 0 fully saturated rings. The van der Waals surface area contributed by atoms with Crippen molar-refractivity contribution in [3.05, 3.63) is 24.3 Å². The van der Waals surface area contributed by atoms with Crippen LogP contribution in [0, 0.1) is 0 Å². The molecule has 0 aliphatic carbocycles. The molecule has 104 valence electrons. The normalized spacial score (nSPS) is 9.89. The minimum atomic E-state index is -0.209. The predicted molar refractivity (Wildman–Crippen MR) is 77.5 cm³/mol. The molecule has 0 saturated heterocycles. The molecule has 0 unspecified atom stereocenters. The monoisotopic (exact) mass is 252 g/mol. The Kier molecular flexibility index (Phi) is 11.7. The Morgan fingerprint density at radius 2 is 1.56 bits per heavy atom.